The molecule has 0 spiro atoms. The predicted octanol–water partition coefficient (Wildman–Crippen LogP) is 3.32. The first-order chi connectivity index (χ1) is 9.25. The highest BCUT2D eigenvalue weighted by Gasteiger charge is 2.05. The van der Waals surface area contributed by atoms with Crippen LogP contribution in [0.1, 0.15) is 16.7 Å². The molecule has 0 amide bonds. The van der Waals surface area contributed by atoms with Crippen LogP contribution in [0, 0.1) is 6.92 Å². The molecule has 0 N–H and O–H groups in total. The molecule has 2 rings (SSSR count). The monoisotopic (exact) mass is 254 g/mol. The lowest BCUT2D eigenvalue weighted by Crippen LogP contribution is -2.10. The van der Waals surface area contributed by atoms with Crippen LogP contribution >= 0.6 is 0 Å². The molecule has 2 aromatic rings. The summed E-state index contributed by atoms with van der Waals surface area (Å²) in [7, 11) is 0. The molecule has 98 valence electrons. The number of esters is 1. The highest BCUT2D eigenvalue weighted by Crippen LogP contribution is 2.08. The molecule has 0 aliphatic rings. The minimum atomic E-state index is -0.167. The molecule has 0 aliphatic heterocycles. The minimum absolute atomic E-state index is 0.167. The van der Waals surface area contributed by atoms with E-state index in [4.69, 9.17) is 4.74 Å². The van der Waals surface area contributed by atoms with Crippen molar-refractivity contribution in [3.8, 4) is 0 Å². The zero-order valence-electron chi connectivity index (χ0n) is 11.1. The van der Waals surface area contributed by atoms with E-state index >= 15 is 0 Å². The van der Waals surface area contributed by atoms with Crippen molar-refractivity contribution in [3.63, 3.8) is 0 Å². The highest BCUT2D eigenvalue weighted by atomic mass is 16.5. The summed E-state index contributed by atoms with van der Waals surface area (Å²) in [5, 5.41) is 0. The fourth-order valence-corrected chi connectivity index (χ4v) is 1.98. The van der Waals surface area contributed by atoms with Gasteiger partial charge in [-0.25, -0.2) is 0 Å². The zero-order chi connectivity index (χ0) is 13.5. The van der Waals surface area contributed by atoms with Gasteiger partial charge in [0.2, 0.25) is 0 Å². The topological polar surface area (TPSA) is 26.3 Å². The second-order valence-electron chi connectivity index (χ2n) is 4.56. The smallest absolute Gasteiger partial charge is 0.310 e. The van der Waals surface area contributed by atoms with Crippen molar-refractivity contribution >= 4 is 5.97 Å². The summed E-state index contributed by atoms with van der Waals surface area (Å²) in [6.07, 6.45) is 1.11. The van der Waals surface area contributed by atoms with Crippen molar-refractivity contribution in [2.24, 2.45) is 0 Å². The molecule has 0 bridgehead atoms. The van der Waals surface area contributed by atoms with Crippen molar-refractivity contribution in [1.82, 2.24) is 0 Å². The Bertz CT molecular complexity index is 532. The first-order valence-electron chi connectivity index (χ1n) is 6.50. The summed E-state index contributed by atoms with van der Waals surface area (Å²) in [5.41, 5.74) is 3.46. The van der Waals surface area contributed by atoms with Crippen LogP contribution in [0.3, 0.4) is 0 Å². The average molecular weight is 254 g/mol. The van der Waals surface area contributed by atoms with Crippen LogP contribution in [-0.2, 0) is 22.4 Å². The summed E-state index contributed by atoms with van der Waals surface area (Å²) in [6, 6.07) is 17.8. The van der Waals surface area contributed by atoms with Gasteiger partial charge >= 0.3 is 5.97 Å². The van der Waals surface area contributed by atoms with Crippen LogP contribution < -0.4 is 0 Å². The fourth-order valence-electron chi connectivity index (χ4n) is 1.98. The first kappa shape index (κ1) is 13.3. The minimum Gasteiger partial charge on any atom is -0.465 e. The standard InChI is InChI=1S/C17H18O2/c1-14-7-5-6-10-16(14)11-12-19-17(18)13-15-8-3-2-4-9-15/h2-10H,11-13H2,1H3. The third kappa shape index (κ3) is 4.25. The average Bonchev–Trinajstić information content (AvgIpc) is 2.42. The second kappa shape index (κ2) is 6.74. The van der Waals surface area contributed by atoms with E-state index in [1.54, 1.807) is 0 Å². The third-order valence-corrected chi connectivity index (χ3v) is 3.09. The van der Waals surface area contributed by atoms with E-state index in [0.29, 0.717) is 13.0 Å². The number of carbonyl (C=O) groups is 1. The molecule has 2 nitrogen and oxygen atoms in total. The molecule has 0 aliphatic carbocycles. The van der Waals surface area contributed by atoms with Crippen molar-refractivity contribution in [2.45, 2.75) is 19.8 Å². The predicted molar refractivity (Wildman–Crippen MR) is 76.0 cm³/mol. The van der Waals surface area contributed by atoms with E-state index in [2.05, 4.69) is 19.1 Å². The van der Waals surface area contributed by atoms with Gasteiger partial charge in [0.25, 0.3) is 0 Å². The molecular weight excluding hydrogens is 236 g/mol. The normalized spacial score (nSPS) is 10.2. The van der Waals surface area contributed by atoms with Gasteiger partial charge in [0.1, 0.15) is 0 Å². The molecule has 0 saturated heterocycles. The number of aryl methyl sites for hydroxylation is 1. The van der Waals surface area contributed by atoms with Crippen LogP contribution in [0.25, 0.3) is 0 Å². The Kier molecular flexibility index (Phi) is 4.73. The molecule has 0 heterocycles. The van der Waals surface area contributed by atoms with E-state index in [1.807, 2.05) is 42.5 Å². The molecule has 0 aromatic heterocycles. The Morgan fingerprint density at radius 2 is 1.68 bits per heavy atom. The van der Waals surface area contributed by atoms with Gasteiger partial charge in [-0.3, -0.25) is 4.79 Å². The molecule has 0 radical (unpaired) electrons. The maximum atomic E-state index is 11.7. The van der Waals surface area contributed by atoms with E-state index in [9.17, 15) is 4.79 Å². The fraction of sp³-hybridized carbons (Fsp3) is 0.235. The number of rotatable bonds is 5. The lowest BCUT2D eigenvalue weighted by Gasteiger charge is -2.07. The molecular formula is C17H18O2. The second-order valence-corrected chi connectivity index (χ2v) is 4.56. The van der Waals surface area contributed by atoms with Crippen LogP contribution in [0.5, 0.6) is 0 Å². The van der Waals surface area contributed by atoms with Crippen LogP contribution in [0.15, 0.2) is 54.6 Å². The largest absolute Gasteiger partial charge is 0.465 e. The van der Waals surface area contributed by atoms with Crippen molar-refractivity contribution in [1.29, 1.82) is 0 Å². The van der Waals surface area contributed by atoms with Gasteiger partial charge < -0.3 is 4.74 Å². The van der Waals surface area contributed by atoms with Crippen molar-refractivity contribution in [3.05, 3.63) is 71.3 Å². The highest BCUT2D eigenvalue weighted by molar-refractivity contribution is 5.72. The van der Waals surface area contributed by atoms with Gasteiger partial charge in [0, 0.05) is 6.42 Å². The maximum absolute atomic E-state index is 11.7. The lowest BCUT2D eigenvalue weighted by atomic mass is 10.1. The van der Waals surface area contributed by atoms with Crippen molar-refractivity contribution in [2.75, 3.05) is 6.61 Å². The Labute approximate surface area is 114 Å². The zero-order valence-corrected chi connectivity index (χ0v) is 11.1. The summed E-state index contributed by atoms with van der Waals surface area (Å²) in [4.78, 5) is 11.7. The van der Waals surface area contributed by atoms with E-state index in [-0.39, 0.29) is 5.97 Å². The quantitative estimate of drug-likeness (QED) is 0.765. The van der Waals surface area contributed by atoms with Crippen LogP contribution in [0.2, 0.25) is 0 Å². The van der Waals surface area contributed by atoms with Gasteiger partial charge in [-0.1, -0.05) is 54.6 Å². The van der Waals surface area contributed by atoms with E-state index in [1.165, 1.54) is 11.1 Å². The Morgan fingerprint density at radius 3 is 2.42 bits per heavy atom. The van der Waals surface area contributed by atoms with Crippen LogP contribution in [0.4, 0.5) is 0 Å². The van der Waals surface area contributed by atoms with Gasteiger partial charge in [-0.2, -0.15) is 0 Å². The van der Waals surface area contributed by atoms with Gasteiger partial charge in [0.05, 0.1) is 13.0 Å². The summed E-state index contributed by atoms with van der Waals surface area (Å²) >= 11 is 0. The van der Waals surface area contributed by atoms with Gasteiger partial charge in [-0.05, 0) is 23.6 Å². The van der Waals surface area contributed by atoms with E-state index in [0.717, 1.165) is 12.0 Å². The van der Waals surface area contributed by atoms with Gasteiger partial charge in [0.15, 0.2) is 0 Å². The Morgan fingerprint density at radius 1 is 1.00 bits per heavy atom. The molecule has 2 heteroatoms. The number of hydrogen-bond acceptors (Lipinski definition) is 2. The molecule has 0 fully saturated rings. The number of carbonyl (C=O) groups excluding carboxylic acids is 1. The third-order valence-electron chi connectivity index (χ3n) is 3.09. The lowest BCUT2D eigenvalue weighted by molar-refractivity contribution is -0.142. The van der Waals surface area contributed by atoms with E-state index < -0.39 is 0 Å². The number of benzene rings is 2. The summed E-state index contributed by atoms with van der Waals surface area (Å²) in [5.74, 6) is -0.167. The molecule has 0 unspecified atom stereocenters. The number of ether oxygens (including phenoxy) is 1. The van der Waals surface area contributed by atoms with Gasteiger partial charge in [-0.15, -0.1) is 0 Å². The molecule has 19 heavy (non-hydrogen) atoms. The Balaban J connectivity index is 1.77. The first-order valence-corrected chi connectivity index (χ1v) is 6.50. The molecule has 2 aromatic carbocycles. The van der Waals surface area contributed by atoms with Crippen LogP contribution in [-0.4, -0.2) is 12.6 Å². The maximum Gasteiger partial charge on any atom is 0.310 e. The SMILES string of the molecule is Cc1ccccc1CCOC(=O)Cc1ccccc1. The van der Waals surface area contributed by atoms with Crippen molar-refractivity contribution < 1.29 is 9.53 Å². The number of hydrogen-bond donors (Lipinski definition) is 0. The summed E-state index contributed by atoms with van der Waals surface area (Å²) in [6.45, 7) is 2.51. The molecule has 0 atom stereocenters. The summed E-state index contributed by atoms with van der Waals surface area (Å²) < 4.78 is 5.27. The molecule has 0 saturated carbocycles. The Hall–Kier alpha value is -2.09.